The molecule has 0 bridgehead atoms. The van der Waals surface area contributed by atoms with Crippen LogP contribution in [0.1, 0.15) is 218 Å². The van der Waals surface area contributed by atoms with Gasteiger partial charge in [-0.3, -0.25) is 0 Å². The highest BCUT2D eigenvalue weighted by atomic mass is 35.8. The highest BCUT2D eigenvalue weighted by Gasteiger charge is 2.23. The Morgan fingerprint density at radius 2 is 0.390 bits per heavy atom. The van der Waals surface area contributed by atoms with E-state index >= 15 is 0 Å². The first-order valence-electron chi connectivity index (χ1n) is 18.8. The molecule has 0 aromatic rings. The van der Waals surface area contributed by atoms with E-state index in [1.807, 2.05) is 0 Å². The summed E-state index contributed by atoms with van der Waals surface area (Å²) in [6.45, 7) is 0.870. The van der Waals surface area contributed by atoms with Gasteiger partial charge < -0.3 is 5.73 Å². The van der Waals surface area contributed by atoms with E-state index in [1.165, 1.54) is 212 Å². The van der Waals surface area contributed by atoms with Crippen LogP contribution in [0.2, 0.25) is 6.04 Å². The Labute approximate surface area is 274 Å². The first-order valence-corrected chi connectivity index (χ1v) is 24.1. The van der Waals surface area contributed by atoms with E-state index < -0.39 is 6.00 Å². The van der Waals surface area contributed by atoms with Gasteiger partial charge in [0.1, 0.15) is 0 Å². The second kappa shape index (κ2) is 35.5. The van der Waals surface area contributed by atoms with Crippen molar-refractivity contribution < 1.29 is 0 Å². The molecule has 0 saturated carbocycles. The Bertz CT molecular complexity index is 472. The molecule has 0 radical (unpaired) electrons. The van der Waals surface area contributed by atoms with Crippen LogP contribution in [0.25, 0.3) is 0 Å². The quantitative estimate of drug-likeness (QED) is 0.0406. The van der Waals surface area contributed by atoms with Crippen LogP contribution in [-0.4, -0.2) is 12.5 Å². The Morgan fingerprint density at radius 1 is 0.244 bits per heavy atom. The minimum absolute atomic E-state index is 0.829. The van der Waals surface area contributed by atoms with E-state index in [1.54, 1.807) is 0 Å². The van der Waals surface area contributed by atoms with Crippen molar-refractivity contribution in [3.05, 3.63) is 0 Å². The van der Waals surface area contributed by atoms with E-state index in [2.05, 4.69) is 0 Å². The van der Waals surface area contributed by atoms with Crippen LogP contribution in [0.4, 0.5) is 0 Å². The van der Waals surface area contributed by atoms with Crippen LogP contribution in [0.15, 0.2) is 0 Å². The lowest BCUT2D eigenvalue weighted by Crippen LogP contribution is -2.07. The summed E-state index contributed by atoms with van der Waals surface area (Å²) in [5.41, 5.74) is 5.55. The first kappa shape index (κ1) is 42.0. The number of rotatable bonds is 36. The summed E-state index contributed by atoms with van der Waals surface area (Å²) < 4.78 is 0. The molecule has 2 N–H and O–H groups in total. The molecule has 248 valence electrons. The minimum atomic E-state index is -2.37. The Balaban J connectivity index is 3.04. The summed E-state index contributed by atoms with van der Waals surface area (Å²) in [4.78, 5) is 0. The number of unbranched alkanes of at least 4 members (excludes halogenated alkanes) is 33. The molecule has 5 heteroatoms. The van der Waals surface area contributed by atoms with E-state index in [0.717, 1.165) is 19.0 Å². The monoisotopic (exact) mass is 653 g/mol. The molecule has 0 amide bonds. The zero-order valence-electron chi connectivity index (χ0n) is 27.7. The van der Waals surface area contributed by atoms with Gasteiger partial charge in [0.05, 0.1) is 0 Å². The third-order valence-electron chi connectivity index (χ3n) is 8.91. The van der Waals surface area contributed by atoms with Gasteiger partial charge in [-0.2, -0.15) is 0 Å². The van der Waals surface area contributed by atoms with E-state index in [9.17, 15) is 0 Å². The molecule has 0 saturated heterocycles. The maximum Gasteiger partial charge on any atom is 0.341 e. The van der Waals surface area contributed by atoms with Crippen molar-refractivity contribution in [3.63, 3.8) is 0 Å². The third-order valence-corrected chi connectivity index (χ3v) is 11.5. The van der Waals surface area contributed by atoms with Crippen LogP contribution < -0.4 is 5.73 Å². The first-order chi connectivity index (χ1) is 20.1. The highest BCUT2D eigenvalue weighted by molar-refractivity contribution is 7.64. The van der Waals surface area contributed by atoms with Gasteiger partial charge in [-0.05, 0) is 19.0 Å². The lowest BCUT2D eigenvalue weighted by molar-refractivity contribution is 0.511. The predicted octanol–water partition coefficient (Wildman–Crippen LogP) is 14.9. The normalized spacial score (nSPS) is 12.0. The summed E-state index contributed by atoms with van der Waals surface area (Å²) >= 11 is 17.8. The molecule has 0 heterocycles. The van der Waals surface area contributed by atoms with Crippen LogP contribution in [-0.2, 0) is 0 Å². The van der Waals surface area contributed by atoms with Crippen molar-refractivity contribution in [2.45, 2.75) is 224 Å². The maximum atomic E-state index is 5.93. The van der Waals surface area contributed by atoms with Crippen molar-refractivity contribution in [1.29, 1.82) is 0 Å². The molecule has 41 heavy (non-hydrogen) atoms. The average Bonchev–Trinajstić information content (AvgIpc) is 2.94. The topological polar surface area (TPSA) is 26.0 Å². The van der Waals surface area contributed by atoms with Crippen molar-refractivity contribution in [1.82, 2.24) is 0 Å². The summed E-state index contributed by atoms with van der Waals surface area (Å²) in [7, 11) is 0. The summed E-state index contributed by atoms with van der Waals surface area (Å²) in [6.07, 6.45) is 48.4. The molecule has 0 aliphatic rings. The lowest BCUT2D eigenvalue weighted by atomic mass is 10.0. The molecule has 0 unspecified atom stereocenters. The van der Waals surface area contributed by atoms with Crippen molar-refractivity contribution in [3.8, 4) is 0 Å². The second-order valence-electron chi connectivity index (χ2n) is 13.2. The van der Waals surface area contributed by atoms with Gasteiger partial charge >= 0.3 is 6.00 Å². The van der Waals surface area contributed by atoms with Gasteiger partial charge in [-0.25, -0.2) is 0 Å². The van der Waals surface area contributed by atoms with Crippen molar-refractivity contribution in [2.24, 2.45) is 5.73 Å². The average molecular weight is 655 g/mol. The van der Waals surface area contributed by atoms with E-state index in [0.29, 0.717) is 0 Å². The molecular formula is C36H74Cl3NSi. The van der Waals surface area contributed by atoms with Crippen LogP contribution in [0.5, 0.6) is 0 Å². The SMILES string of the molecule is NCCCCCCCCCCCCCCCCCCCCCCCCCCCCCCCCCCCC[Si](Cl)(Cl)Cl. The number of hydrogen-bond donors (Lipinski definition) is 1. The molecule has 0 rings (SSSR count). The van der Waals surface area contributed by atoms with Crippen LogP contribution >= 0.6 is 33.2 Å². The van der Waals surface area contributed by atoms with Crippen molar-refractivity contribution in [2.75, 3.05) is 6.54 Å². The standard InChI is InChI=1S/C36H74Cl3NSi/c37-41(38,39)36-34-32-30-28-26-24-22-20-18-16-14-12-10-8-6-4-2-1-3-5-7-9-11-13-15-17-19-21-23-25-27-29-31-33-35-40/h1-36,40H2. The molecule has 0 aliphatic heterocycles. The van der Waals surface area contributed by atoms with Crippen molar-refractivity contribution >= 4 is 39.2 Å². The summed E-state index contributed by atoms with van der Waals surface area (Å²) in [5, 5.41) is 0. The van der Waals surface area contributed by atoms with Crippen LogP contribution in [0, 0.1) is 0 Å². The highest BCUT2D eigenvalue weighted by Crippen LogP contribution is 2.27. The maximum absolute atomic E-state index is 5.93. The minimum Gasteiger partial charge on any atom is -0.330 e. The molecule has 0 aliphatic carbocycles. The Kier molecular flexibility index (Phi) is 36.4. The van der Waals surface area contributed by atoms with Gasteiger partial charge in [-0.1, -0.05) is 212 Å². The molecule has 0 fully saturated rings. The lowest BCUT2D eigenvalue weighted by Gasteiger charge is -2.07. The zero-order valence-corrected chi connectivity index (χ0v) is 30.9. The zero-order chi connectivity index (χ0) is 30.0. The molecule has 0 spiro atoms. The smallest absolute Gasteiger partial charge is 0.330 e. The molecule has 1 nitrogen and oxygen atoms in total. The largest absolute Gasteiger partial charge is 0.341 e. The van der Waals surface area contributed by atoms with Crippen LogP contribution in [0.3, 0.4) is 0 Å². The summed E-state index contributed by atoms with van der Waals surface area (Å²) in [5.74, 6) is 0. The van der Waals surface area contributed by atoms with Gasteiger partial charge in [0.2, 0.25) is 0 Å². The number of nitrogens with two attached hydrogens (primary N) is 1. The second-order valence-corrected chi connectivity index (χ2v) is 22.5. The Morgan fingerprint density at radius 3 is 0.537 bits per heavy atom. The molecule has 0 atom stereocenters. The Hall–Kier alpha value is 1.05. The molecular weight excluding hydrogens is 581 g/mol. The van der Waals surface area contributed by atoms with Gasteiger partial charge in [-0.15, -0.1) is 33.2 Å². The number of halogens is 3. The molecule has 0 aromatic carbocycles. The predicted molar refractivity (Wildman–Crippen MR) is 194 cm³/mol. The fourth-order valence-corrected chi connectivity index (χ4v) is 7.98. The van der Waals surface area contributed by atoms with E-state index in [4.69, 9.17) is 39.0 Å². The van der Waals surface area contributed by atoms with Gasteiger partial charge in [0.25, 0.3) is 0 Å². The fraction of sp³-hybridized carbons (Fsp3) is 1.00. The summed E-state index contributed by atoms with van der Waals surface area (Å²) in [6, 6.07) is -1.54. The van der Waals surface area contributed by atoms with E-state index in [-0.39, 0.29) is 0 Å². The molecule has 0 aromatic heterocycles. The number of hydrogen-bond acceptors (Lipinski definition) is 1. The fourth-order valence-electron chi connectivity index (χ4n) is 6.13. The van der Waals surface area contributed by atoms with Gasteiger partial charge in [0, 0.05) is 0 Å². The van der Waals surface area contributed by atoms with Gasteiger partial charge in [0.15, 0.2) is 0 Å². The third kappa shape index (κ3) is 41.0.